The van der Waals surface area contributed by atoms with Gasteiger partial charge < -0.3 is 9.47 Å². The molecule has 2 aromatic carbocycles. The quantitative estimate of drug-likeness (QED) is 0.442. The number of unbranched alkanes of at least 4 members (excludes halogenated alkanes) is 2. The highest BCUT2D eigenvalue weighted by atomic mass is 19.1. The van der Waals surface area contributed by atoms with E-state index in [0.717, 1.165) is 25.7 Å². The Hall–Kier alpha value is -2.76. The van der Waals surface area contributed by atoms with E-state index in [2.05, 4.69) is 11.9 Å². The molecular weight excluding hydrogens is 372 g/mol. The maximum Gasteiger partial charge on any atom is 0.257 e. The van der Waals surface area contributed by atoms with Gasteiger partial charge in [-0.2, -0.15) is 0 Å². The average molecular weight is 399 g/mol. The molecule has 3 aromatic rings. The predicted octanol–water partition coefficient (Wildman–Crippen LogP) is 5.56. The minimum Gasteiger partial charge on any atom is -0.331 e. The Morgan fingerprint density at radius 3 is 2.48 bits per heavy atom. The normalized spacial score (nSPS) is 11.2. The summed E-state index contributed by atoms with van der Waals surface area (Å²) in [5, 5.41) is 0. The largest absolute Gasteiger partial charge is 0.331 e. The summed E-state index contributed by atoms with van der Waals surface area (Å²) in [5.41, 5.74) is 1.07. The summed E-state index contributed by atoms with van der Waals surface area (Å²) in [7, 11) is 0. The zero-order chi connectivity index (χ0) is 20.8. The van der Waals surface area contributed by atoms with Crippen molar-refractivity contribution in [1.29, 1.82) is 0 Å². The number of hydrogen-bond acceptors (Lipinski definition) is 2. The zero-order valence-corrected chi connectivity index (χ0v) is 17.0. The molecule has 1 aromatic heterocycles. The molecule has 0 aliphatic heterocycles. The number of amides is 1. The number of halogens is 2. The van der Waals surface area contributed by atoms with Crippen LogP contribution in [-0.2, 0) is 13.1 Å². The molecule has 4 nitrogen and oxygen atoms in total. The van der Waals surface area contributed by atoms with Crippen molar-refractivity contribution in [2.45, 2.75) is 52.6 Å². The van der Waals surface area contributed by atoms with Crippen molar-refractivity contribution in [3.05, 3.63) is 65.5 Å². The van der Waals surface area contributed by atoms with Gasteiger partial charge in [-0.15, -0.1) is 0 Å². The van der Waals surface area contributed by atoms with Gasteiger partial charge in [-0.1, -0.05) is 44.9 Å². The first-order valence-electron chi connectivity index (χ1n) is 10.2. The summed E-state index contributed by atoms with van der Waals surface area (Å²) in [6.45, 7) is 5.51. The third-order valence-corrected chi connectivity index (χ3v) is 5.01. The van der Waals surface area contributed by atoms with E-state index in [0.29, 0.717) is 29.9 Å². The Morgan fingerprint density at radius 1 is 1.00 bits per heavy atom. The zero-order valence-electron chi connectivity index (χ0n) is 17.0. The summed E-state index contributed by atoms with van der Waals surface area (Å²) < 4.78 is 30.5. The number of hydrogen-bond donors (Lipinski definition) is 0. The number of rotatable bonds is 9. The standard InChI is InChI=1S/C23H27F2N3O/c1-3-5-8-15-27(23(29)17-10-6-7-11-18(17)24)16-21-26-22-19(25)12-9-13-20(22)28(21)14-4-2/h6-7,9-13H,3-5,8,14-16H2,1-2H3. The number of aromatic nitrogens is 2. The minimum absolute atomic E-state index is 0.0494. The van der Waals surface area contributed by atoms with Gasteiger partial charge in [0.25, 0.3) is 5.91 Å². The second kappa shape index (κ2) is 9.63. The van der Waals surface area contributed by atoms with Gasteiger partial charge in [-0.05, 0) is 37.1 Å². The van der Waals surface area contributed by atoms with Crippen LogP contribution in [0.5, 0.6) is 0 Å². The molecule has 29 heavy (non-hydrogen) atoms. The van der Waals surface area contributed by atoms with Crippen molar-refractivity contribution in [2.75, 3.05) is 6.54 Å². The first-order chi connectivity index (χ1) is 14.1. The maximum absolute atomic E-state index is 14.3. The van der Waals surface area contributed by atoms with E-state index in [1.165, 1.54) is 18.2 Å². The third-order valence-electron chi connectivity index (χ3n) is 5.01. The second-order valence-corrected chi connectivity index (χ2v) is 7.20. The van der Waals surface area contributed by atoms with Crippen LogP contribution >= 0.6 is 0 Å². The molecule has 6 heteroatoms. The number of aryl methyl sites for hydroxylation is 1. The Labute approximate surface area is 170 Å². The minimum atomic E-state index is -0.536. The summed E-state index contributed by atoms with van der Waals surface area (Å²) in [5.74, 6) is -0.661. The van der Waals surface area contributed by atoms with Crippen molar-refractivity contribution < 1.29 is 13.6 Å². The van der Waals surface area contributed by atoms with Crippen LogP contribution in [0.15, 0.2) is 42.5 Å². The smallest absolute Gasteiger partial charge is 0.257 e. The van der Waals surface area contributed by atoms with E-state index in [-0.39, 0.29) is 23.8 Å². The number of carbonyl (C=O) groups excluding carboxylic acids is 1. The molecule has 0 aliphatic carbocycles. The Bertz CT molecular complexity index is 983. The number of fused-ring (bicyclic) bond motifs is 1. The lowest BCUT2D eigenvalue weighted by atomic mass is 10.1. The van der Waals surface area contributed by atoms with E-state index < -0.39 is 5.82 Å². The third kappa shape index (κ3) is 4.63. The first-order valence-corrected chi connectivity index (χ1v) is 10.2. The topological polar surface area (TPSA) is 38.1 Å². The van der Waals surface area contributed by atoms with Gasteiger partial charge in [0.1, 0.15) is 17.2 Å². The van der Waals surface area contributed by atoms with Gasteiger partial charge in [0.2, 0.25) is 0 Å². The molecule has 0 saturated carbocycles. The molecule has 1 amide bonds. The SMILES string of the molecule is CCCCCN(Cc1nc2c(F)cccc2n1CCC)C(=O)c1ccccc1F. The molecule has 0 atom stereocenters. The van der Waals surface area contributed by atoms with Gasteiger partial charge >= 0.3 is 0 Å². The summed E-state index contributed by atoms with van der Waals surface area (Å²) in [4.78, 5) is 19.2. The number of benzene rings is 2. The molecule has 0 radical (unpaired) electrons. The molecule has 0 fully saturated rings. The molecule has 0 unspecified atom stereocenters. The molecule has 0 saturated heterocycles. The van der Waals surface area contributed by atoms with Crippen LogP contribution in [-0.4, -0.2) is 26.9 Å². The Kier molecular flexibility index (Phi) is 6.96. The van der Waals surface area contributed by atoms with Crippen molar-refractivity contribution in [1.82, 2.24) is 14.5 Å². The van der Waals surface area contributed by atoms with E-state index in [9.17, 15) is 13.6 Å². The number of carbonyl (C=O) groups is 1. The average Bonchev–Trinajstić information content (AvgIpc) is 3.06. The van der Waals surface area contributed by atoms with Crippen molar-refractivity contribution in [2.24, 2.45) is 0 Å². The van der Waals surface area contributed by atoms with Gasteiger partial charge in [-0.3, -0.25) is 4.79 Å². The van der Waals surface area contributed by atoms with Gasteiger partial charge in [0.15, 0.2) is 5.82 Å². The molecule has 154 valence electrons. The molecule has 0 spiro atoms. The highest BCUT2D eigenvalue weighted by Crippen LogP contribution is 2.22. The highest BCUT2D eigenvalue weighted by molar-refractivity contribution is 5.94. The molecule has 0 N–H and O–H groups in total. The van der Waals surface area contributed by atoms with Crippen LogP contribution in [0.3, 0.4) is 0 Å². The van der Waals surface area contributed by atoms with Crippen LogP contribution in [0, 0.1) is 11.6 Å². The number of nitrogens with zero attached hydrogens (tertiary/aromatic N) is 3. The van der Waals surface area contributed by atoms with Crippen molar-refractivity contribution in [3.8, 4) is 0 Å². The van der Waals surface area contributed by atoms with Gasteiger partial charge in [0, 0.05) is 13.1 Å². The van der Waals surface area contributed by atoms with Crippen molar-refractivity contribution >= 4 is 16.9 Å². The maximum atomic E-state index is 14.3. The van der Waals surface area contributed by atoms with Gasteiger partial charge in [-0.25, -0.2) is 13.8 Å². The molecule has 3 rings (SSSR count). The fourth-order valence-corrected chi connectivity index (χ4v) is 3.54. The second-order valence-electron chi connectivity index (χ2n) is 7.20. The highest BCUT2D eigenvalue weighted by Gasteiger charge is 2.22. The Balaban J connectivity index is 1.97. The van der Waals surface area contributed by atoms with Crippen LogP contribution in [0.25, 0.3) is 11.0 Å². The van der Waals surface area contributed by atoms with E-state index in [1.54, 1.807) is 23.1 Å². The molecular formula is C23H27F2N3O. The fourth-order valence-electron chi connectivity index (χ4n) is 3.54. The summed E-state index contributed by atoms with van der Waals surface area (Å²) in [6, 6.07) is 10.9. The van der Waals surface area contributed by atoms with E-state index in [4.69, 9.17) is 0 Å². The van der Waals surface area contributed by atoms with Crippen molar-refractivity contribution in [3.63, 3.8) is 0 Å². The fraction of sp³-hybridized carbons (Fsp3) is 0.391. The lowest BCUT2D eigenvalue weighted by molar-refractivity contribution is 0.0729. The predicted molar refractivity (Wildman–Crippen MR) is 111 cm³/mol. The monoisotopic (exact) mass is 399 g/mol. The van der Waals surface area contributed by atoms with Crippen LogP contribution in [0.4, 0.5) is 8.78 Å². The first kappa shape index (κ1) is 21.0. The van der Waals surface area contributed by atoms with E-state index >= 15 is 0 Å². The van der Waals surface area contributed by atoms with Gasteiger partial charge in [0.05, 0.1) is 17.6 Å². The molecule has 0 bridgehead atoms. The van der Waals surface area contributed by atoms with Crippen LogP contribution in [0.1, 0.15) is 55.7 Å². The Morgan fingerprint density at radius 2 is 1.76 bits per heavy atom. The molecule has 1 heterocycles. The summed E-state index contributed by atoms with van der Waals surface area (Å²) in [6.07, 6.45) is 3.66. The summed E-state index contributed by atoms with van der Waals surface area (Å²) >= 11 is 0. The number of imidazole rings is 1. The van der Waals surface area contributed by atoms with Crippen LogP contribution in [0.2, 0.25) is 0 Å². The lowest BCUT2D eigenvalue weighted by Gasteiger charge is -2.23. The van der Waals surface area contributed by atoms with Crippen LogP contribution < -0.4 is 0 Å². The molecule has 0 aliphatic rings. The number of para-hydroxylation sites is 1. The van der Waals surface area contributed by atoms with E-state index in [1.807, 2.05) is 17.6 Å². The lowest BCUT2D eigenvalue weighted by Crippen LogP contribution is -2.33.